The predicted molar refractivity (Wildman–Crippen MR) is 95.0 cm³/mol. The fourth-order valence-electron chi connectivity index (χ4n) is 3.20. The van der Waals surface area contributed by atoms with Crippen molar-refractivity contribution < 1.29 is 27.4 Å². The van der Waals surface area contributed by atoms with E-state index in [1.807, 2.05) is 0 Å². The van der Waals surface area contributed by atoms with Crippen molar-refractivity contribution in [2.24, 2.45) is 0 Å². The Hall–Kier alpha value is -2.70. The van der Waals surface area contributed by atoms with E-state index in [2.05, 4.69) is 17.2 Å². The van der Waals surface area contributed by atoms with Crippen molar-refractivity contribution in [3.8, 4) is 11.8 Å². The Kier molecular flexibility index (Phi) is 5.30. The minimum Gasteiger partial charge on any atom is -0.322 e. The van der Waals surface area contributed by atoms with Crippen LogP contribution in [-0.4, -0.2) is 47.4 Å². The number of benzene rings is 1. The summed E-state index contributed by atoms with van der Waals surface area (Å²) >= 11 is 0. The van der Waals surface area contributed by atoms with Crippen LogP contribution in [0.15, 0.2) is 18.2 Å². The van der Waals surface area contributed by atoms with Crippen molar-refractivity contribution >= 4 is 27.8 Å². The second-order valence-corrected chi connectivity index (χ2v) is 8.00. The van der Waals surface area contributed by atoms with Crippen LogP contribution >= 0.6 is 0 Å². The third-order valence-corrected chi connectivity index (χ3v) is 5.31. The molecule has 0 saturated carbocycles. The monoisotopic (exact) mass is 390 g/mol. The first-order chi connectivity index (χ1) is 12.8. The third-order valence-electron chi connectivity index (χ3n) is 4.51. The van der Waals surface area contributed by atoms with Gasteiger partial charge in [-0.2, -0.15) is 8.42 Å². The smallest absolute Gasteiger partial charge is 0.264 e. The molecule has 1 fully saturated rings. The van der Waals surface area contributed by atoms with Gasteiger partial charge < -0.3 is 4.90 Å². The second-order valence-electron chi connectivity index (χ2n) is 6.42. The number of nitrogens with zero attached hydrogens (tertiary/aromatic N) is 1. The lowest BCUT2D eigenvalue weighted by Gasteiger charge is -2.29. The summed E-state index contributed by atoms with van der Waals surface area (Å²) in [5, 5.41) is 2.26. The lowest BCUT2D eigenvalue weighted by molar-refractivity contribution is -0.136. The van der Waals surface area contributed by atoms with Crippen LogP contribution in [0.1, 0.15) is 47.2 Å². The quantitative estimate of drug-likeness (QED) is 0.334. The van der Waals surface area contributed by atoms with Crippen LogP contribution in [0.4, 0.5) is 0 Å². The van der Waals surface area contributed by atoms with Gasteiger partial charge in [0.25, 0.3) is 16.0 Å². The largest absolute Gasteiger partial charge is 0.322 e. The summed E-state index contributed by atoms with van der Waals surface area (Å²) in [5.74, 6) is 4.36. The van der Waals surface area contributed by atoms with Crippen molar-refractivity contribution in [2.75, 3.05) is 5.75 Å². The Labute approximate surface area is 156 Å². The van der Waals surface area contributed by atoms with Gasteiger partial charge in [-0.1, -0.05) is 17.9 Å². The van der Waals surface area contributed by atoms with E-state index < -0.39 is 22.1 Å². The SMILES string of the molecule is O=C1CCC(N2Cc3c(C#CCCCS(=O)(=O)O)cccc3C2=O)C(=O)N1. The van der Waals surface area contributed by atoms with Crippen LogP contribution in [0.2, 0.25) is 0 Å². The summed E-state index contributed by atoms with van der Waals surface area (Å²) in [7, 11) is -4.00. The number of amides is 3. The molecule has 1 aromatic rings. The highest BCUT2D eigenvalue weighted by atomic mass is 32.2. The van der Waals surface area contributed by atoms with E-state index >= 15 is 0 Å². The standard InChI is InChI=1S/C18H18N2O6S/c21-16-9-8-15(17(22)19-16)20-11-14-12(6-4-7-13(14)18(20)23)5-2-1-3-10-27(24,25)26/h4,6-7,15H,1,3,8-11H2,(H,19,21,22)(H,24,25,26). The first-order valence-electron chi connectivity index (χ1n) is 8.47. The summed E-state index contributed by atoms with van der Waals surface area (Å²) in [4.78, 5) is 37.5. The van der Waals surface area contributed by atoms with Gasteiger partial charge in [-0.3, -0.25) is 24.3 Å². The Morgan fingerprint density at radius 2 is 2.04 bits per heavy atom. The van der Waals surface area contributed by atoms with E-state index in [1.165, 1.54) is 4.90 Å². The minimum absolute atomic E-state index is 0.191. The second kappa shape index (κ2) is 7.50. The van der Waals surface area contributed by atoms with Crippen LogP contribution in [0.25, 0.3) is 0 Å². The fraction of sp³-hybridized carbons (Fsp3) is 0.389. The fourth-order valence-corrected chi connectivity index (χ4v) is 3.71. The number of carbonyl (C=O) groups is 3. The molecular formula is C18H18N2O6S. The van der Waals surface area contributed by atoms with Gasteiger partial charge >= 0.3 is 0 Å². The molecule has 2 aliphatic rings. The Morgan fingerprint density at radius 3 is 2.74 bits per heavy atom. The van der Waals surface area contributed by atoms with Gasteiger partial charge in [-0.25, -0.2) is 0 Å². The predicted octanol–water partition coefficient (Wildman–Crippen LogP) is 0.467. The molecule has 27 heavy (non-hydrogen) atoms. The van der Waals surface area contributed by atoms with E-state index in [0.717, 1.165) is 5.56 Å². The van der Waals surface area contributed by atoms with Crippen molar-refractivity contribution in [1.82, 2.24) is 10.2 Å². The molecule has 1 aromatic carbocycles. The van der Waals surface area contributed by atoms with E-state index in [4.69, 9.17) is 4.55 Å². The number of rotatable bonds is 4. The number of fused-ring (bicyclic) bond motifs is 1. The first kappa shape index (κ1) is 19.1. The molecule has 3 amide bonds. The van der Waals surface area contributed by atoms with Gasteiger partial charge in [0.2, 0.25) is 11.8 Å². The average Bonchev–Trinajstić information content (AvgIpc) is 2.91. The van der Waals surface area contributed by atoms with E-state index in [1.54, 1.807) is 18.2 Å². The highest BCUT2D eigenvalue weighted by molar-refractivity contribution is 7.85. The lowest BCUT2D eigenvalue weighted by atomic mass is 10.0. The van der Waals surface area contributed by atoms with E-state index in [9.17, 15) is 22.8 Å². The Bertz CT molecular complexity index is 973. The van der Waals surface area contributed by atoms with Gasteiger partial charge in [0.05, 0.1) is 5.75 Å². The molecule has 1 unspecified atom stereocenters. The average molecular weight is 390 g/mol. The number of carbonyl (C=O) groups excluding carboxylic acids is 3. The molecule has 0 radical (unpaired) electrons. The maximum atomic E-state index is 12.7. The van der Waals surface area contributed by atoms with Gasteiger partial charge in [0.15, 0.2) is 0 Å². The highest BCUT2D eigenvalue weighted by Crippen LogP contribution is 2.29. The molecule has 9 heteroatoms. The summed E-state index contributed by atoms with van der Waals surface area (Å²) in [6, 6.07) is 4.45. The molecule has 3 rings (SSSR count). The number of hydrogen-bond donors (Lipinski definition) is 2. The molecule has 0 bridgehead atoms. The number of hydrogen-bond acceptors (Lipinski definition) is 5. The maximum absolute atomic E-state index is 12.7. The van der Waals surface area contributed by atoms with E-state index in [-0.39, 0.29) is 43.4 Å². The minimum atomic E-state index is -4.00. The zero-order chi connectivity index (χ0) is 19.6. The summed E-state index contributed by atoms with van der Waals surface area (Å²) in [6.07, 6.45) is 0.981. The third kappa shape index (κ3) is 4.35. The Morgan fingerprint density at radius 1 is 1.26 bits per heavy atom. The van der Waals surface area contributed by atoms with Crippen molar-refractivity contribution in [1.29, 1.82) is 0 Å². The molecule has 1 atom stereocenters. The van der Waals surface area contributed by atoms with Crippen LogP contribution in [-0.2, 0) is 26.3 Å². The summed E-state index contributed by atoms with van der Waals surface area (Å²) < 4.78 is 30.1. The molecule has 2 N–H and O–H groups in total. The molecule has 2 heterocycles. The molecule has 0 aliphatic carbocycles. The highest BCUT2D eigenvalue weighted by Gasteiger charge is 2.39. The summed E-state index contributed by atoms with van der Waals surface area (Å²) in [5.41, 5.74) is 1.83. The van der Waals surface area contributed by atoms with Gasteiger partial charge in [0.1, 0.15) is 6.04 Å². The van der Waals surface area contributed by atoms with Gasteiger partial charge in [-0.15, -0.1) is 0 Å². The van der Waals surface area contributed by atoms with Crippen LogP contribution in [0, 0.1) is 11.8 Å². The molecule has 8 nitrogen and oxygen atoms in total. The van der Waals surface area contributed by atoms with Gasteiger partial charge in [0, 0.05) is 30.5 Å². The topological polar surface area (TPSA) is 121 Å². The van der Waals surface area contributed by atoms with Crippen molar-refractivity contribution in [3.63, 3.8) is 0 Å². The van der Waals surface area contributed by atoms with Crippen molar-refractivity contribution in [3.05, 3.63) is 34.9 Å². The number of piperidine rings is 1. The zero-order valence-corrected chi connectivity index (χ0v) is 15.2. The normalized spacial score (nSPS) is 19.4. The van der Waals surface area contributed by atoms with Crippen LogP contribution in [0.5, 0.6) is 0 Å². The lowest BCUT2D eigenvalue weighted by Crippen LogP contribution is -2.52. The van der Waals surface area contributed by atoms with Crippen LogP contribution in [0.3, 0.4) is 0 Å². The van der Waals surface area contributed by atoms with Crippen LogP contribution < -0.4 is 5.32 Å². The Balaban J connectivity index is 1.74. The molecular weight excluding hydrogens is 372 g/mol. The van der Waals surface area contributed by atoms with E-state index in [0.29, 0.717) is 17.5 Å². The first-order valence-corrected chi connectivity index (χ1v) is 10.1. The number of unbranched alkanes of at least 4 members (excludes halogenated alkanes) is 1. The van der Waals surface area contributed by atoms with Gasteiger partial charge in [-0.05, 0) is 30.5 Å². The molecule has 0 spiro atoms. The van der Waals surface area contributed by atoms with Crippen molar-refractivity contribution in [2.45, 2.75) is 38.3 Å². The molecule has 2 aliphatic heterocycles. The molecule has 1 saturated heterocycles. The maximum Gasteiger partial charge on any atom is 0.264 e. The number of imide groups is 1. The number of nitrogens with one attached hydrogen (secondary N) is 1. The zero-order valence-electron chi connectivity index (χ0n) is 14.4. The molecule has 142 valence electrons. The summed E-state index contributed by atoms with van der Waals surface area (Å²) in [6.45, 7) is 0.232. The molecule has 0 aromatic heterocycles.